The fourth-order valence-electron chi connectivity index (χ4n) is 6.72. The summed E-state index contributed by atoms with van der Waals surface area (Å²) in [6.45, 7) is 7.51. The second kappa shape index (κ2) is 8.69. The summed E-state index contributed by atoms with van der Waals surface area (Å²) in [6, 6.07) is 3.04. The molecule has 3 aromatic rings. The van der Waals surface area contributed by atoms with Crippen LogP contribution in [-0.4, -0.2) is 44.4 Å². The number of benzene rings is 1. The molecule has 200 valence electrons. The second-order valence-electron chi connectivity index (χ2n) is 11.1. The van der Waals surface area contributed by atoms with E-state index in [1.54, 1.807) is 24.5 Å². The third kappa shape index (κ3) is 3.34. The summed E-state index contributed by atoms with van der Waals surface area (Å²) in [5.74, 6) is -1.17. The predicted octanol–water partition coefficient (Wildman–Crippen LogP) is 2.92. The molecule has 2 aromatic heterocycles. The number of carbonyl (C=O) groups excluding carboxylic acids is 1. The van der Waals surface area contributed by atoms with Gasteiger partial charge in [0.15, 0.2) is 5.60 Å². The standard InChI is InChI=1S/C29H32FN3O5/c1-5-29(37)19-8-23-26-17(10-33(23)27(35)18(19)12-38-28(29)36)24-16(22(11-34)31-13(2)3)7-6-15-14(4)20(30)9-21(32-26)25(15)24/h8-9,13,16,22,31,34,37H,5-7,10-12H2,1-4H3/t16-,22-,29-/m0/s1. The van der Waals surface area contributed by atoms with Crippen molar-refractivity contribution in [3.63, 3.8) is 0 Å². The van der Waals surface area contributed by atoms with Crippen molar-refractivity contribution in [2.45, 2.75) is 83.7 Å². The lowest BCUT2D eigenvalue weighted by molar-refractivity contribution is -0.172. The molecule has 0 unspecified atom stereocenters. The highest BCUT2D eigenvalue weighted by Gasteiger charge is 2.46. The summed E-state index contributed by atoms with van der Waals surface area (Å²) >= 11 is 0. The Hall–Kier alpha value is -3.14. The summed E-state index contributed by atoms with van der Waals surface area (Å²) in [5.41, 5.74) is 3.18. The molecule has 0 spiro atoms. The van der Waals surface area contributed by atoms with Crippen LogP contribution in [0, 0.1) is 12.7 Å². The first kappa shape index (κ1) is 25.2. The number of esters is 1. The summed E-state index contributed by atoms with van der Waals surface area (Å²) in [7, 11) is 0. The number of nitrogens with one attached hydrogen (secondary N) is 1. The maximum atomic E-state index is 15.0. The molecule has 9 heteroatoms. The van der Waals surface area contributed by atoms with Crippen LogP contribution in [0.15, 0.2) is 16.9 Å². The third-order valence-corrected chi connectivity index (χ3v) is 8.65. The lowest BCUT2D eigenvalue weighted by atomic mass is 9.75. The number of aromatic nitrogens is 2. The molecule has 3 atom stereocenters. The van der Waals surface area contributed by atoms with Gasteiger partial charge in [-0.2, -0.15) is 0 Å². The molecule has 38 heavy (non-hydrogen) atoms. The second-order valence-corrected chi connectivity index (χ2v) is 11.1. The molecule has 1 aliphatic carbocycles. The quantitative estimate of drug-likeness (QED) is 0.346. The fourth-order valence-corrected chi connectivity index (χ4v) is 6.72. The number of pyridine rings is 2. The first-order valence-electron chi connectivity index (χ1n) is 13.3. The number of hydrogen-bond donors (Lipinski definition) is 3. The minimum absolute atomic E-state index is 0.0555. The first-order valence-corrected chi connectivity index (χ1v) is 13.3. The van der Waals surface area contributed by atoms with E-state index in [-0.39, 0.29) is 66.7 Å². The van der Waals surface area contributed by atoms with Gasteiger partial charge in [0.25, 0.3) is 5.56 Å². The van der Waals surface area contributed by atoms with Crippen LogP contribution >= 0.6 is 0 Å². The van der Waals surface area contributed by atoms with Gasteiger partial charge >= 0.3 is 5.97 Å². The van der Waals surface area contributed by atoms with Crippen LogP contribution in [0.4, 0.5) is 4.39 Å². The van der Waals surface area contributed by atoms with Gasteiger partial charge in [0.05, 0.1) is 35.6 Å². The Morgan fingerprint density at radius 2 is 2.03 bits per heavy atom. The molecule has 3 N–H and O–H groups in total. The van der Waals surface area contributed by atoms with Gasteiger partial charge in [-0.1, -0.05) is 20.8 Å². The molecule has 0 saturated carbocycles. The van der Waals surface area contributed by atoms with E-state index in [0.717, 1.165) is 22.1 Å². The number of hydrogen-bond acceptors (Lipinski definition) is 7. The number of aliphatic hydroxyl groups is 2. The average Bonchev–Trinajstić information content (AvgIpc) is 3.27. The fraction of sp³-hybridized carbons (Fsp3) is 0.483. The van der Waals surface area contributed by atoms with Crippen molar-refractivity contribution in [2.24, 2.45) is 0 Å². The lowest BCUT2D eigenvalue weighted by Gasteiger charge is -2.35. The monoisotopic (exact) mass is 521 g/mol. The van der Waals surface area contributed by atoms with Crippen molar-refractivity contribution in [3.05, 3.63) is 61.7 Å². The van der Waals surface area contributed by atoms with Crippen molar-refractivity contribution in [1.82, 2.24) is 14.9 Å². The van der Waals surface area contributed by atoms with Gasteiger partial charge in [-0.3, -0.25) is 4.79 Å². The Morgan fingerprint density at radius 3 is 2.71 bits per heavy atom. The van der Waals surface area contributed by atoms with E-state index in [4.69, 9.17) is 9.72 Å². The molecule has 8 nitrogen and oxygen atoms in total. The van der Waals surface area contributed by atoms with E-state index in [2.05, 4.69) is 5.32 Å². The van der Waals surface area contributed by atoms with E-state index < -0.39 is 11.6 Å². The summed E-state index contributed by atoms with van der Waals surface area (Å²) in [4.78, 5) is 31.1. The maximum absolute atomic E-state index is 15.0. The largest absolute Gasteiger partial charge is 0.458 e. The Bertz CT molecular complexity index is 1580. The smallest absolute Gasteiger partial charge is 0.343 e. The number of carbonyl (C=O) groups is 1. The molecule has 0 bridgehead atoms. The highest BCUT2D eigenvalue weighted by atomic mass is 19.1. The average molecular weight is 522 g/mol. The molecule has 1 aromatic carbocycles. The lowest BCUT2D eigenvalue weighted by Crippen LogP contribution is -2.44. The van der Waals surface area contributed by atoms with Gasteiger partial charge in [-0.05, 0) is 48.9 Å². The van der Waals surface area contributed by atoms with Crippen LogP contribution in [0.25, 0.3) is 22.3 Å². The van der Waals surface area contributed by atoms with Crippen LogP contribution in [0.2, 0.25) is 0 Å². The van der Waals surface area contributed by atoms with Crippen LogP contribution in [0.5, 0.6) is 0 Å². The van der Waals surface area contributed by atoms with E-state index in [1.807, 2.05) is 13.8 Å². The highest BCUT2D eigenvalue weighted by Crippen LogP contribution is 2.47. The Kier molecular flexibility index (Phi) is 5.75. The van der Waals surface area contributed by atoms with Crippen LogP contribution in [-0.2, 0) is 34.7 Å². The minimum Gasteiger partial charge on any atom is -0.458 e. The van der Waals surface area contributed by atoms with Crippen LogP contribution in [0.1, 0.15) is 72.9 Å². The normalized spacial score (nSPS) is 22.3. The van der Waals surface area contributed by atoms with Gasteiger partial charge in [0.1, 0.15) is 12.4 Å². The molecule has 2 aliphatic heterocycles. The molecule has 0 saturated heterocycles. The summed E-state index contributed by atoms with van der Waals surface area (Å²) in [6.07, 6.45) is 1.44. The molecule has 0 radical (unpaired) electrons. The van der Waals surface area contributed by atoms with E-state index in [0.29, 0.717) is 35.3 Å². The molecular formula is C29H32FN3O5. The SMILES string of the molecule is CC[C@@]1(O)C(=O)OCc2c1cc1n(c2=O)Cc2c-1nc1cc(F)c(C)c3c1c2[C@H]([C@H](CO)NC(C)C)CC3. The number of cyclic esters (lactones) is 1. The van der Waals surface area contributed by atoms with Gasteiger partial charge in [-0.15, -0.1) is 0 Å². The van der Waals surface area contributed by atoms with E-state index in [1.165, 1.54) is 6.07 Å². The molecule has 4 heterocycles. The van der Waals surface area contributed by atoms with Crippen LogP contribution in [0.3, 0.4) is 0 Å². The topological polar surface area (TPSA) is 114 Å². The predicted molar refractivity (Wildman–Crippen MR) is 139 cm³/mol. The Morgan fingerprint density at radius 1 is 1.26 bits per heavy atom. The van der Waals surface area contributed by atoms with Crippen molar-refractivity contribution in [2.75, 3.05) is 6.61 Å². The van der Waals surface area contributed by atoms with Crippen molar-refractivity contribution >= 4 is 16.9 Å². The number of halogens is 1. The zero-order chi connectivity index (χ0) is 27.1. The number of nitrogens with zero attached hydrogens (tertiary/aromatic N) is 2. The van der Waals surface area contributed by atoms with Crippen molar-refractivity contribution in [3.8, 4) is 11.4 Å². The van der Waals surface area contributed by atoms with E-state index in [9.17, 15) is 19.8 Å². The van der Waals surface area contributed by atoms with Crippen molar-refractivity contribution < 1.29 is 24.1 Å². The highest BCUT2D eigenvalue weighted by molar-refractivity contribution is 5.93. The number of ether oxygens (including phenoxy) is 1. The van der Waals surface area contributed by atoms with E-state index >= 15 is 4.39 Å². The molecule has 0 amide bonds. The van der Waals surface area contributed by atoms with Gasteiger partial charge in [-0.25, -0.2) is 14.2 Å². The number of aryl methyl sites for hydroxylation is 1. The number of aliphatic hydroxyl groups excluding tert-OH is 1. The van der Waals surface area contributed by atoms with Gasteiger partial charge in [0, 0.05) is 40.6 Å². The summed E-state index contributed by atoms with van der Waals surface area (Å²) < 4.78 is 21.8. The Balaban J connectivity index is 1.66. The van der Waals surface area contributed by atoms with Gasteiger partial charge < -0.3 is 24.8 Å². The molecule has 3 aliphatic rings. The van der Waals surface area contributed by atoms with Crippen LogP contribution < -0.4 is 10.9 Å². The summed E-state index contributed by atoms with van der Waals surface area (Å²) in [5, 5.41) is 26.0. The minimum atomic E-state index is -1.92. The molecular weight excluding hydrogens is 489 g/mol. The van der Waals surface area contributed by atoms with Gasteiger partial charge in [0.2, 0.25) is 0 Å². The molecule has 6 rings (SSSR count). The third-order valence-electron chi connectivity index (χ3n) is 8.65. The maximum Gasteiger partial charge on any atom is 0.343 e. The number of rotatable bonds is 5. The zero-order valence-corrected chi connectivity index (χ0v) is 22.0. The number of fused-ring (bicyclic) bond motifs is 5. The van der Waals surface area contributed by atoms with Crippen molar-refractivity contribution in [1.29, 1.82) is 0 Å². The molecule has 0 fully saturated rings. The first-order chi connectivity index (χ1) is 18.1. The zero-order valence-electron chi connectivity index (χ0n) is 22.0. The Labute approximate surface area is 219 Å².